The van der Waals surface area contributed by atoms with Gasteiger partial charge in [-0.1, -0.05) is 6.07 Å². The van der Waals surface area contributed by atoms with Crippen molar-refractivity contribution in [1.82, 2.24) is 5.32 Å². The van der Waals surface area contributed by atoms with Crippen molar-refractivity contribution in [2.45, 2.75) is 33.2 Å². The zero-order valence-electron chi connectivity index (χ0n) is 15.0. The molecule has 1 atom stereocenters. The van der Waals surface area contributed by atoms with E-state index >= 15 is 0 Å². The number of carbonyl (C=O) groups excluding carboxylic acids is 3. The summed E-state index contributed by atoms with van der Waals surface area (Å²) in [5, 5.41) is 2.64. The standard InChI is InChI=1S/C18H24N2O5/c1-11(2)19-16(21)10-25-18(23)13-8-17(22)20(9-13)14-7-12(3)5-6-15(14)24-4/h5-7,11,13H,8-10H2,1-4H3,(H,19,21)/t13-/m0/s1. The molecule has 1 aromatic carbocycles. The minimum Gasteiger partial charge on any atom is -0.495 e. The third-order valence-corrected chi connectivity index (χ3v) is 3.88. The van der Waals surface area contributed by atoms with Crippen molar-refractivity contribution in [3.63, 3.8) is 0 Å². The molecular formula is C18H24N2O5. The van der Waals surface area contributed by atoms with Crippen LogP contribution < -0.4 is 15.0 Å². The van der Waals surface area contributed by atoms with Crippen molar-refractivity contribution < 1.29 is 23.9 Å². The van der Waals surface area contributed by atoms with Gasteiger partial charge in [0, 0.05) is 19.0 Å². The number of amides is 2. The maximum Gasteiger partial charge on any atom is 0.311 e. The maximum atomic E-state index is 12.3. The van der Waals surface area contributed by atoms with Crippen molar-refractivity contribution in [3.05, 3.63) is 23.8 Å². The number of nitrogens with zero attached hydrogens (tertiary/aromatic N) is 1. The van der Waals surface area contributed by atoms with E-state index in [1.807, 2.05) is 32.9 Å². The lowest BCUT2D eigenvalue weighted by molar-refractivity contribution is -0.152. The summed E-state index contributed by atoms with van der Waals surface area (Å²) in [6, 6.07) is 5.51. The molecule has 1 fully saturated rings. The molecule has 25 heavy (non-hydrogen) atoms. The normalized spacial score (nSPS) is 16.9. The molecule has 0 radical (unpaired) electrons. The van der Waals surface area contributed by atoms with Gasteiger partial charge >= 0.3 is 5.97 Å². The summed E-state index contributed by atoms with van der Waals surface area (Å²) in [4.78, 5) is 37.6. The van der Waals surface area contributed by atoms with E-state index < -0.39 is 11.9 Å². The Labute approximate surface area is 147 Å². The van der Waals surface area contributed by atoms with Gasteiger partial charge in [-0.05, 0) is 38.5 Å². The number of hydrogen-bond donors (Lipinski definition) is 1. The highest BCUT2D eigenvalue weighted by atomic mass is 16.5. The van der Waals surface area contributed by atoms with E-state index in [2.05, 4.69) is 5.32 Å². The summed E-state index contributed by atoms with van der Waals surface area (Å²) < 4.78 is 10.4. The van der Waals surface area contributed by atoms with E-state index in [0.29, 0.717) is 11.4 Å². The lowest BCUT2D eigenvalue weighted by atomic mass is 10.1. The highest BCUT2D eigenvalue weighted by Gasteiger charge is 2.37. The molecule has 0 aliphatic carbocycles. The Morgan fingerprint density at radius 2 is 2.08 bits per heavy atom. The molecule has 1 heterocycles. The predicted octanol–water partition coefficient (Wildman–Crippen LogP) is 1.42. The molecule has 1 N–H and O–H groups in total. The number of esters is 1. The van der Waals surface area contributed by atoms with Gasteiger partial charge in [-0.2, -0.15) is 0 Å². The van der Waals surface area contributed by atoms with Crippen molar-refractivity contribution >= 4 is 23.5 Å². The summed E-state index contributed by atoms with van der Waals surface area (Å²) in [6.07, 6.45) is 0.0573. The first-order chi connectivity index (χ1) is 11.8. The van der Waals surface area contributed by atoms with Gasteiger partial charge in [0.25, 0.3) is 5.91 Å². The summed E-state index contributed by atoms with van der Waals surface area (Å²) in [6.45, 7) is 5.44. The number of aryl methyl sites for hydroxylation is 1. The number of anilines is 1. The molecule has 0 saturated carbocycles. The van der Waals surface area contributed by atoms with Crippen LogP contribution >= 0.6 is 0 Å². The van der Waals surface area contributed by atoms with Crippen LogP contribution in [0, 0.1) is 12.8 Å². The Hall–Kier alpha value is -2.57. The van der Waals surface area contributed by atoms with Crippen LogP contribution in [0.25, 0.3) is 0 Å². The van der Waals surface area contributed by atoms with Crippen LogP contribution in [0.2, 0.25) is 0 Å². The van der Waals surface area contributed by atoms with Crippen molar-refractivity contribution in [1.29, 1.82) is 0 Å². The molecule has 2 rings (SSSR count). The third-order valence-electron chi connectivity index (χ3n) is 3.88. The Morgan fingerprint density at radius 3 is 2.72 bits per heavy atom. The van der Waals surface area contributed by atoms with Crippen LogP contribution in [-0.2, 0) is 19.1 Å². The highest BCUT2D eigenvalue weighted by molar-refractivity contribution is 6.00. The Balaban J connectivity index is 2.01. The largest absolute Gasteiger partial charge is 0.495 e. The molecule has 2 amide bonds. The number of rotatable bonds is 6. The second-order valence-electron chi connectivity index (χ2n) is 6.41. The van der Waals surface area contributed by atoms with Crippen LogP contribution in [0.15, 0.2) is 18.2 Å². The zero-order chi connectivity index (χ0) is 18.6. The van der Waals surface area contributed by atoms with Gasteiger partial charge in [0.15, 0.2) is 6.61 Å². The van der Waals surface area contributed by atoms with E-state index in [9.17, 15) is 14.4 Å². The molecule has 1 aliphatic rings. The second-order valence-corrected chi connectivity index (χ2v) is 6.41. The average molecular weight is 348 g/mol. The average Bonchev–Trinajstić information content (AvgIpc) is 2.93. The third kappa shape index (κ3) is 4.71. The van der Waals surface area contributed by atoms with Crippen molar-refractivity contribution in [2.75, 3.05) is 25.2 Å². The molecule has 136 valence electrons. The first kappa shape index (κ1) is 18.8. The topological polar surface area (TPSA) is 84.9 Å². The Kier molecular flexibility index (Phi) is 6.01. The Morgan fingerprint density at radius 1 is 1.36 bits per heavy atom. The van der Waals surface area contributed by atoms with Crippen LogP contribution in [0.3, 0.4) is 0 Å². The molecule has 0 unspecified atom stereocenters. The van der Waals surface area contributed by atoms with Gasteiger partial charge in [-0.3, -0.25) is 14.4 Å². The summed E-state index contributed by atoms with van der Waals surface area (Å²) in [5.74, 6) is -1.09. The van der Waals surface area contributed by atoms with Gasteiger partial charge in [0.1, 0.15) is 5.75 Å². The molecule has 0 bridgehead atoms. The molecule has 7 nitrogen and oxygen atoms in total. The smallest absolute Gasteiger partial charge is 0.311 e. The maximum absolute atomic E-state index is 12.3. The fourth-order valence-corrected chi connectivity index (χ4v) is 2.73. The number of carbonyl (C=O) groups is 3. The lowest BCUT2D eigenvalue weighted by Gasteiger charge is -2.20. The van der Waals surface area contributed by atoms with E-state index in [4.69, 9.17) is 9.47 Å². The number of methoxy groups -OCH3 is 1. The summed E-state index contributed by atoms with van der Waals surface area (Å²) >= 11 is 0. The number of ether oxygens (including phenoxy) is 2. The first-order valence-electron chi connectivity index (χ1n) is 8.22. The van der Waals surface area contributed by atoms with Crippen LogP contribution in [0.4, 0.5) is 5.69 Å². The van der Waals surface area contributed by atoms with E-state index in [1.54, 1.807) is 6.07 Å². The van der Waals surface area contributed by atoms with Crippen LogP contribution in [0.1, 0.15) is 25.8 Å². The van der Waals surface area contributed by atoms with E-state index in [-0.39, 0.29) is 37.4 Å². The molecule has 1 aromatic rings. The zero-order valence-corrected chi connectivity index (χ0v) is 15.0. The quantitative estimate of drug-likeness (QED) is 0.786. The first-order valence-corrected chi connectivity index (χ1v) is 8.22. The van der Waals surface area contributed by atoms with Crippen LogP contribution in [0.5, 0.6) is 5.75 Å². The van der Waals surface area contributed by atoms with Gasteiger partial charge in [0.05, 0.1) is 18.7 Å². The van der Waals surface area contributed by atoms with Gasteiger partial charge in [0.2, 0.25) is 5.91 Å². The molecule has 0 spiro atoms. The van der Waals surface area contributed by atoms with Crippen molar-refractivity contribution in [2.24, 2.45) is 5.92 Å². The van der Waals surface area contributed by atoms with E-state index in [1.165, 1.54) is 12.0 Å². The number of hydrogen-bond acceptors (Lipinski definition) is 5. The minimum absolute atomic E-state index is 0.0245. The number of nitrogens with one attached hydrogen (secondary N) is 1. The van der Waals surface area contributed by atoms with E-state index in [0.717, 1.165) is 5.56 Å². The molecule has 7 heteroatoms. The Bertz CT molecular complexity index is 671. The fraction of sp³-hybridized carbons (Fsp3) is 0.500. The van der Waals surface area contributed by atoms with Crippen LogP contribution in [-0.4, -0.2) is 44.1 Å². The fourth-order valence-electron chi connectivity index (χ4n) is 2.73. The van der Waals surface area contributed by atoms with Crippen molar-refractivity contribution in [3.8, 4) is 5.75 Å². The monoisotopic (exact) mass is 348 g/mol. The predicted molar refractivity (Wildman–Crippen MR) is 92.4 cm³/mol. The SMILES string of the molecule is COc1ccc(C)cc1N1C[C@@H](C(=O)OCC(=O)NC(C)C)CC1=O. The lowest BCUT2D eigenvalue weighted by Crippen LogP contribution is -2.35. The molecule has 0 aromatic heterocycles. The molecular weight excluding hydrogens is 324 g/mol. The highest BCUT2D eigenvalue weighted by Crippen LogP contribution is 2.34. The number of benzene rings is 1. The van der Waals surface area contributed by atoms with Gasteiger partial charge in [-0.25, -0.2) is 0 Å². The summed E-state index contributed by atoms with van der Waals surface area (Å²) in [5.41, 5.74) is 1.63. The van der Waals surface area contributed by atoms with Gasteiger partial charge < -0.3 is 19.7 Å². The molecule has 1 saturated heterocycles. The minimum atomic E-state index is -0.593. The summed E-state index contributed by atoms with van der Waals surface area (Å²) in [7, 11) is 1.54. The van der Waals surface area contributed by atoms with Gasteiger partial charge in [-0.15, -0.1) is 0 Å². The molecule has 1 aliphatic heterocycles. The second kappa shape index (κ2) is 8.00.